The number of amides is 1. The third kappa shape index (κ3) is 2.10. The predicted molar refractivity (Wildman–Crippen MR) is 58.5 cm³/mol. The van der Waals surface area contributed by atoms with E-state index in [1.54, 1.807) is 11.3 Å². The van der Waals surface area contributed by atoms with Crippen LogP contribution in [0, 0.1) is 0 Å². The van der Waals surface area contributed by atoms with Crippen molar-refractivity contribution in [1.82, 2.24) is 5.32 Å². The van der Waals surface area contributed by atoms with E-state index in [2.05, 4.69) is 10.3 Å². The van der Waals surface area contributed by atoms with E-state index in [0.29, 0.717) is 12.4 Å². The van der Waals surface area contributed by atoms with Gasteiger partial charge in [-0.2, -0.15) is 0 Å². The third-order valence-corrected chi connectivity index (χ3v) is 3.37. The Morgan fingerprint density at radius 3 is 3.20 bits per heavy atom. The zero-order chi connectivity index (χ0) is 10.8. The highest BCUT2D eigenvalue weighted by Crippen LogP contribution is 2.25. The van der Waals surface area contributed by atoms with Gasteiger partial charge in [-0.3, -0.25) is 4.99 Å². The van der Waals surface area contributed by atoms with Crippen molar-refractivity contribution < 1.29 is 9.90 Å². The molecule has 0 spiro atoms. The van der Waals surface area contributed by atoms with E-state index in [4.69, 9.17) is 10.8 Å². The quantitative estimate of drug-likeness (QED) is 0.695. The van der Waals surface area contributed by atoms with Crippen LogP contribution in [-0.4, -0.2) is 23.6 Å². The minimum Gasteiger partial charge on any atom is -0.465 e. The van der Waals surface area contributed by atoms with Gasteiger partial charge in [0.15, 0.2) is 0 Å². The number of fused-ring (bicyclic) bond motifs is 1. The monoisotopic (exact) mass is 225 g/mol. The number of nitrogens with one attached hydrogen (secondary N) is 1. The molecule has 0 atom stereocenters. The van der Waals surface area contributed by atoms with E-state index in [1.165, 1.54) is 4.88 Å². The summed E-state index contributed by atoms with van der Waals surface area (Å²) in [5, 5.41) is 10.8. The summed E-state index contributed by atoms with van der Waals surface area (Å²) in [6.07, 6.45) is -0.115. The van der Waals surface area contributed by atoms with Crippen molar-refractivity contribution in [2.24, 2.45) is 10.7 Å². The Labute approximate surface area is 90.6 Å². The predicted octanol–water partition coefficient (Wildman–Crippen LogP) is 0.777. The topological polar surface area (TPSA) is 87.7 Å². The molecule has 1 aliphatic heterocycles. The Morgan fingerprint density at radius 1 is 1.73 bits per heavy atom. The van der Waals surface area contributed by atoms with Gasteiger partial charge in [-0.1, -0.05) is 0 Å². The summed E-state index contributed by atoms with van der Waals surface area (Å²) in [6, 6.07) is 1.91. The Balaban J connectivity index is 2.16. The zero-order valence-electron chi connectivity index (χ0n) is 7.99. The first-order valence-electron chi connectivity index (χ1n) is 4.55. The molecule has 1 amide bonds. The Morgan fingerprint density at radius 2 is 2.53 bits per heavy atom. The summed E-state index contributed by atoms with van der Waals surface area (Å²) in [5.74, 6) is 0.564. The number of nitrogens with zero attached hydrogens (tertiary/aromatic N) is 1. The average molecular weight is 225 g/mol. The molecule has 1 aliphatic rings. The molecule has 1 aromatic rings. The molecule has 4 N–H and O–H groups in total. The normalized spacial score (nSPS) is 14.3. The van der Waals surface area contributed by atoms with Crippen LogP contribution in [-0.2, 0) is 13.0 Å². The number of nitrogens with two attached hydrogens (primary N) is 1. The van der Waals surface area contributed by atoms with Crippen LogP contribution in [0.3, 0.4) is 0 Å². The molecular formula is C9H11N3O2S. The highest BCUT2D eigenvalue weighted by molar-refractivity contribution is 7.12. The van der Waals surface area contributed by atoms with Gasteiger partial charge < -0.3 is 16.2 Å². The van der Waals surface area contributed by atoms with E-state index in [-0.39, 0.29) is 0 Å². The second-order valence-electron chi connectivity index (χ2n) is 3.23. The molecule has 2 rings (SSSR count). The first kappa shape index (κ1) is 9.97. The first-order valence-corrected chi connectivity index (χ1v) is 5.37. The van der Waals surface area contributed by atoms with E-state index >= 15 is 0 Å². The lowest BCUT2D eigenvalue weighted by atomic mass is 10.1. The summed E-state index contributed by atoms with van der Waals surface area (Å²) in [4.78, 5) is 16.6. The largest absolute Gasteiger partial charge is 0.465 e. The number of carboxylic acid groups (broad SMARTS) is 1. The SMILES string of the molecule is NC1=NCCc2sc(CNC(=O)O)cc21. The maximum Gasteiger partial charge on any atom is 0.404 e. The molecule has 15 heavy (non-hydrogen) atoms. The highest BCUT2D eigenvalue weighted by Gasteiger charge is 2.15. The molecule has 0 fully saturated rings. The van der Waals surface area contributed by atoms with Crippen molar-refractivity contribution in [2.45, 2.75) is 13.0 Å². The number of amidine groups is 1. The van der Waals surface area contributed by atoms with Crippen LogP contribution < -0.4 is 11.1 Å². The van der Waals surface area contributed by atoms with Crippen LogP contribution in [0.4, 0.5) is 4.79 Å². The standard InChI is InChI=1S/C9H11N3O2S/c10-8-6-3-5(4-12-9(13)14)15-7(6)1-2-11-8/h3,12H,1-2,4H2,(H2,10,11)(H,13,14). The summed E-state index contributed by atoms with van der Waals surface area (Å²) >= 11 is 1.59. The van der Waals surface area contributed by atoms with Gasteiger partial charge in [0, 0.05) is 28.3 Å². The molecule has 0 radical (unpaired) electrons. The lowest BCUT2D eigenvalue weighted by molar-refractivity contribution is 0.194. The maximum atomic E-state index is 10.3. The fourth-order valence-electron chi connectivity index (χ4n) is 1.50. The Bertz CT molecular complexity index is 425. The lowest BCUT2D eigenvalue weighted by Crippen LogP contribution is -2.19. The molecular weight excluding hydrogens is 214 g/mol. The van der Waals surface area contributed by atoms with E-state index in [1.807, 2.05) is 6.07 Å². The molecule has 0 aliphatic carbocycles. The molecule has 80 valence electrons. The Hall–Kier alpha value is -1.56. The van der Waals surface area contributed by atoms with Crippen molar-refractivity contribution in [2.75, 3.05) is 6.54 Å². The summed E-state index contributed by atoms with van der Waals surface area (Å²) in [7, 11) is 0. The van der Waals surface area contributed by atoms with Crippen molar-refractivity contribution in [3.05, 3.63) is 21.4 Å². The second-order valence-corrected chi connectivity index (χ2v) is 4.45. The average Bonchev–Trinajstić information content (AvgIpc) is 2.59. The van der Waals surface area contributed by atoms with Crippen LogP contribution in [0.15, 0.2) is 11.1 Å². The van der Waals surface area contributed by atoms with Crippen molar-refractivity contribution >= 4 is 23.3 Å². The van der Waals surface area contributed by atoms with E-state index < -0.39 is 6.09 Å². The minimum absolute atomic E-state index is 0.334. The third-order valence-electron chi connectivity index (χ3n) is 2.17. The van der Waals surface area contributed by atoms with Crippen LogP contribution in [0.25, 0.3) is 0 Å². The van der Waals surface area contributed by atoms with Gasteiger partial charge in [0.25, 0.3) is 0 Å². The molecule has 0 saturated carbocycles. The van der Waals surface area contributed by atoms with Crippen molar-refractivity contribution in [1.29, 1.82) is 0 Å². The van der Waals surface area contributed by atoms with Gasteiger partial charge in [-0.15, -0.1) is 11.3 Å². The molecule has 0 unspecified atom stereocenters. The molecule has 5 nitrogen and oxygen atoms in total. The minimum atomic E-state index is -1.01. The smallest absolute Gasteiger partial charge is 0.404 e. The Kier molecular flexibility index (Phi) is 2.59. The van der Waals surface area contributed by atoms with Gasteiger partial charge >= 0.3 is 6.09 Å². The fraction of sp³-hybridized carbons (Fsp3) is 0.333. The lowest BCUT2D eigenvalue weighted by Gasteiger charge is -2.07. The number of hydrogen-bond donors (Lipinski definition) is 3. The maximum absolute atomic E-state index is 10.3. The first-order chi connectivity index (χ1) is 7.16. The van der Waals surface area contributed by atoms with Crippen molar-refractivity contribution in [3.8, 4) is 0 Å². The van der Waals surface area contributed by atoms with Crippen LogP contribution in [0.2, 0.25) is 0 Å². The zero-order valence-corrected chi connectivity index (χ0v) is 8.80. The molecule has 2 heterocycles. The molecule has 0 bridgehead atoms. The van der Waals surface area contributed by atoms with Crippen LogP contribution >= 0.6 is 11.3 Å². The number of aliphatic imine (C=N–C) groups is 1. The molecule has 0 aromatic carbocycles. The summed E-state index contributed by atoms with van der Waals surface area (Å²) in [5.41, 5.74) is 6.70. The van der Waals surface area contributed by atoms with Gasteiger partial charge in [-0.05, 0) is 6.07 Å². The van der Waals surface area contributed by atoms with Gasteiger partial charge in [0.2, 0.25) is 0 Å². The number of thiophene rings is 1. The fourth-order valence-corrected chi connectivity index (χ4v) is 2.60. The van der Waals surface area contributed by atoms with Crippen LogP contribution in [0.1, 0.15) is 15.3 Å². The second kappa shape index (κ2) is 3.90. The summed E-state index contributed by atoms with van der Waals surface area (Å²) < 4.78 is 0. The van der Waals surface area contributed by atoms with Gasteiger partial charge in [-0.25, -0.2) is 4.79 Å². The van der Waals surface area contributed by atoms with Gasteiger partial charge in [0.05, 0.1) is 6.54 Å². The highest BCUT2D eigenvalue weighted by atomic mass is 32.1. The molecule has 1 aromatic heterocycles. The van der Waals surface area contributed by atoms with Gasteiger partial charge in [0.1, 0.15) is 5.84 Å². The molecule has 0 saturated heterocycles. The number of hydrogen-bond acceptors (Lipinski definition) is 4. The van der Waals surface area contributed by atoms with E-state index in [0.717, 1.165) is 23.4 Å². The van der Waals surface area contributed by atoms with Crippen LogP contribution in [0.5, 0.6) is 0 Å². The van der Waals surface area contributed by atoms with Crippen molar-refractivity contribution in [3.63, 3.8) is 0 Å². The molecule has 6 heteroatoms. The summed E-state index contributed by atoms with van der Waals surface area (Å²) in [6.45, 7) is 1.06. The van der Waals surface area contributed by atoms with E-state index in [9.17, 15) is 4.79 Å². The number of rotatable bonds is 2. The number of carbonyl (C=O) groups is 1.